The Bertz CT molecular complexity index is 647. The van der Waals surface area contributed by atoms with E-state index in [0.717, 1.165) is 50.5 Å². The van der Waals surface area contributed by atoms with Crippen molar-refractivity contribution in [2.24, 2.45) is 0 Å². The summed E-state index contributed by atoms with van der Waals surface area (Å²) in [6.45, 7) is 4.51. The molecule has 0 aliphatic carbocycles. The number of piperazine rings is 1. The second-order valence-corrected chi connectivity index (χ2v) is 6.10. The number of benzene rings is 2. The molecule has 1 heterocycles. The third kappa shape index (κ3) is 4.15. The molecular formula is C20H24N2O2. The molecule has 0 spiro atoms. The standard InChI is InChI=1S/C20H24N2O2/c1-24-19-9-7-18(8-10-19)20(23)22-15-13-21(14-16-22)12-11-17-5-3-2-4-6-17/h2-10H,11-16H2,1H3. The zero-order valence-corrected chi connectivity index (χ0v) is 14.1. The van der Waals surface area contributed by atoms with Gasteiger partial charge in [-0.1, -0.05) is 30.3 Å². The van der Waals surface area contributed by atoms with E-state index in [1.807, 2.05) is 35.2 Å². The molecule has 2 aromatic carbocycles. The van der Waals surface area contributed by atoms with Crippen molar-refractivity contribution >= 4 is 5.91 Å². The lowest BCUT2D eigenvalue weighted by Crippen LogP contribution is -2.49. The monoisotopic (exact) mass is 324 g/mol. The summed E-state index contributed by atoms with van der Waals surface area (Å²) in [5.74, 6) is 0.887. The summed E-state index contributed by atoms with van der Waals surface area (Å²) in [6.07, 6.45) is 1.06. The maximum absolute atomic E-state index is 12.6. The van der Waals surface area contributed by atoms with E-state index in [0.29, 0.717) is 0 Å². The van der Waals surface area contributed by atoms with Crippen LogP contribution in [-0.2, 0) is 6.42 Å². The van der Waals surface area contributed by atoms with E-state index < -0.39 is 0 Å². The van der Waals surface area contributed by atoms with Gasteiger partial charge in [-0.3, -0.25) is 9.69 Å². The Morgan fingerprint density at radius 3 is 2.25 bits per heavy atom. The number of carbonyl (C=O) groups is 1. The van der Waals surface area contributed by atoms with Gasteiger partial charge in [-0.25, -0.2) is 0 Å². The number of hydrogen-bond acceptors (Lipinski definition) is 3. The Balaban J connectivity index is 1.48. The van der Waals surface area contributed by atoms with Gasteiger partial charge in [0.2, 0.25) is 0 Å². The minimum atomic E-state index is 0.111. The van der Waals surface area contributed by atoms with Crippen LogP contribution >= 0.6 is 0 Å². The second-order valence-electron chi connectivity index (χ2n) is 6.10. The van der Waals surface area contributed by atoms with E-state index in [4.69, 9.17) is 4.74 Å². The molecule has 0 bridgehead atoms. The summed E-state index contributed by atoms with van der Waals surface area (Å²) in [5, 5.41) is 0. The first-order chi connectivity index (χ1) is 11.8. The SMILES string of the molecule is COc1ccc(C(=O)N2CCN(CCc3ccccc3)CC2)cc1. The molecule has 0 aromatic heterocycles. The highest BCUT2D eigenvalue weighted by Gasteiger charge is 2.21. The lowest BCUT2D eigenvalue weighted by Gasteiger charge is -2.34. The zero-order chi connectivity index (χ0) is 16.8. The molecule has 0 radical (unpaired) electrons. The molecule has 0 saturated carbocycles. The van der Waals surface area contributed by atoms with Crippen LogP contribution in [0.5, 0.6) is 5.75 Å². The van der Waals surface area contributed by atoms with Crippen LogP contribution in [0.15, 0.2) is 54.6 Å². The van der Waals surface area contributed by atoms with Crippen molar-refractivity contribution in [1.82, 2.24) is 9.80 Å². The molecule has 1 fully saturated rings. The van der Waals surface area contributed by atoms with Crippen LogP contribution in [0.3, 0.4) is 0 Å². The maximum Gasteiger partial charge on any atom is 0.253 e. The molecule has 126 valence electrons. The van der Waals surface area contributed by atoms with Crippen molar-refractivity contribution in [3.63, 3.8) is 0 Å². The average molecular weight is 324 g/mol. The molecule has 0 atom stereocenters. The number of rotatable bonds is 5. The van der Waals surface area contributed by atoms with Crippen LogP contribution in [0.1, 0.15) is 15.9 Å². The summed E-state index contributed by atoms with van der Waals surface area (Å²) >= 11 is 0. The first kappa shape index (κ1) is 16.5. The van der Waals surface area contributed by atoms with Crippen LogP contribution in [0.25, 0.3) is 0 Å². The predicted molar refractivity (Wildman–Crippen MR) is 95.5 cm³/mol. The van der Waals surface area contributed by atoms with Gasteiger partial charge >= 0.3 is 0 Å². The van der Waals surface area contributed by atoms with Crippen molar-refractivity contribution in [3.05, 3.63) is 65.7 Å². The van der Waals surface area contributed by atoms with Gasteiger partial charge in [0.15, 0.2) is 0 Å². The molecule has 4 nitrogen and oxygen atoms in total. The summed E-state index contributed by atoms with van der Waals surface area (Å²) in [6, 6.07) is 17.9. The Morgan fingerprint density at radius 1 is 0.958 bits per heavy atom. The van der Waals surface area contributed by atoms with Gasteiger partial charge in [0, 0.05) is 38.3 Å². The van der Waals surface area contributed by atoms with E-state index in [1.54, 1.807) is 7.11 Å². The Labute approximate surface area is 143 Å². The number of carbonyl (C=O) groups excluding carboxylic acids is 1. The number of amides is 1. The molecule has 1 aliphatic heterocycles. The third-order valence-corrected chi connectivity index (χ3v) is 4.56. The van der Waals surface area contributed by atoms with Crippen molar-refractivity contribution in [3.8, 4) is 5.75 Å². The molecule has 0 unspecified atom stereocenters. The smallest absolute Gasteiger partial charge is 0.253 e. The van der Waals surface area contributed by atoms with Gasteiger partial charge in [0.05, 0.1) is 7.11 Å². The lowest BCUT2D eigenvalue weighted by molar-refractivity contribution is 0.0638. The normalized spacial score (nSPS) is 15.3. The summed E-state index contributed by atoms with van der Waals surface area (Å²) in [7, 11) is 1.63. The van der Waals surface area contributed by atoms with Gasteiger partial charge in [-0.05, 0) is 36.2 Å². The lowest BCUT2D eigenvalue weighted by atomic mass is 10.1. The van der Waals surface area contributed by atoms with Gasteiger partial charge in [-0.2, -0.15) is 0 Å². The topological polar surface area (TPSA) is 32.8 Å². The van der Waals surface area contributed by atoms with Gasteiger partial charge in [0.25, 0.3) is 5.91 Å². The fourth-order valence-electron chi connectivity index (χ4n) is 3.02. The first-order valence-corrected chi connectivity index (χ1v) is 8.46. The summed E-state index contributed by atoms with van der Waals surface area (Å²) in [4.78, 5) is 16.9. The Hall–Kier alpha value is -2.33. The molecule has 24 heavy (non-hydrogen) atoms. The van der Waals surface area contributed by atoms with E-state index in [9.17, 15) is 4.79 Å². The summed E-state index contributed by atoms with van der Waals surface area (Å²) in [5.41, 5.74) is 2.10. The number of methoxy groups -OCH3 is 1. The van der Waals surface area contributed by atoms with Crippen LogP contribution < -0.4 is 4.74 Å². The van der Waals surface area contributed by atoms with Crippen molar-refractivity contribution in [1.29, 1.82) is 0 Å². The largest absolute Gasteiger partial charge is 0.497 e. The summed E-state index contributed by atoms with van der Waals surface area (Å²) < 4.78 is 5.14. The highest BCUT2D eigenvalue weighted by Crippen LogP contribution is 2.14. The Morgan fingerprint density at radius 2 is 1.62 bits per heavy atom. The molecule has 4 heteroatoms. The van der Waals surface area contributed by atoms with E-state index in [2.05, 4.69) is 29.2 Å². The van der Waals surface area contributed by atoms with Gasteiger partial charge < -0.3 is 9.64 Å². The molecule has 3 rings (SSSR count). The zero-order valence-electron chi connectivity index (χ0n) is 14.1. The van der Waals surface area contributed by atoms with Gasteiger partial charge in [0.1, 0.15) is 5.75 Å². The maximum atomic E-state index is 12.6. The molecule has 1 amide bonds. The quantitative estimate of drug-likeness (QED) is 0.848. The number of ether oxygens (including phenoxy) is 1. The first-order valence-electron chi connectivity index (χ1n) is 8.46. The van der Waals surface area contributed by atoms with Crippen molar-refractivity contribution in [2.45, 2.75) is 6.42 Å². The molecule has 1 aliphatic rings. The minimum Gasteiger partial charge on any atom is -0.497 e. The van der Waals surface area contributed by atoms with E-state index in [-0.39, 0.29) is 5.91 Å². The molecule has 0 N–H and O–H groups in total. The highest BCUT2D eigenvalue weighted by atomic mass is 16.5. The molecule has 2 aromatic rings. The van der Waals surface area contributed by atoms with Crippen LogP contribution in [0.2, 0.25) is 0 Å². The predicted octanol–water partition coefficient (Wildman–Crippen LogP) is 2.70. The number of hydrogen-bond donors (Lipinski definition) is 0. The Kier molecular flexibility index (Phi) is 5.49. The van der Waals surface area contributed by atoms with Crippen LogP contribution in [-0.4, -0.2) is 55.5 Å². The van der Waals surface area contributed by atoms with E-state index >= 15 is 0 Å². The fourth-order valence-corrected chi connectivity index (χ4v) is 3.02. The van der Waals surface area contributed by atoms with Crippen molar-refractivity contribution < 1.29 is 9.53 Å². The van der Waals surface area contributed by atoms with Gasteiger partial charge in [-0.15, -0.1) is 0 Å². The number of nitrogens with zero attached hydrogens (tertiary/aromatic N) is 2. The van der Waals surface area contributed by atoms with Crippen LogP contribution in [0, 0.1) is 0 Å². The average Bonchev–Trinajstić information content (AvgIpc) is 2.67. The van der Waals surface area contributed by atoms with Crippen molar-refractivity contribution in [2.75, 3.05) is 39.8 Å². The third-order valence-electron chi connectivity index (χ3n) is 4.56. The minimum absolute atomic E-state index is 0.111. The second kappa shape index (κ2) is 7.97. The molecule has 1 saturated heterocycles. The van der Waals surface area contributed by atoms with E-state index in [1.165, 1.54) is 5.56 Å². The van der Waals surface area contributed by atoms with Crippen LogP contribution in [0.4, 0.5) is 0 Å². The fraction of sp³-hybridized carbons (Fsp3) is 0.350. The highest BCUT2D eigenvalue weighted by molar-refractivity contribution is 5.94. The molecular weight excluding hydrogens is 300 g/mol.